The molecule has 0 bridgehead atoms. The van der Waals surface area contributed by atoms with Crippen LogP contribution in [0.2, 0.25) is 0 Å². The number of pyridine rings is 1. The van der Waals surface area contributed by atoms with Crippen LogP contribution in [0.25, 0.3) is 33.4 Å². The van der Waals surface area contributed by atoms with Crippen molar-refractivity contribution in [3.8, 4) is 28.3 Å². The summed E-state index contributed by atoms with van der Waals surface area (Å²) in [5.74, 6) is 1.84. The van der Waals surface area contributed by atoms with Crippen LogP contribution >= 0.6 is 0 Å². The zero-order valence-electron chi connectivity index (χ0n) is 13.7. The molecule has 0 aliphatic rings. The molecule has 0 saturated carbocycles. The smallest absolute Gasteiger partial charge is 0.163 e. The SMILES string of the molecule is COc1cccc(-c2ccc3nc(-c4cccnc4)nc(N)c3c2)c1. The first kappa shape index (κ1) is 15.1. The van der Waals surface area contributed by atoms with Gasteiger partial charge in [-0.1, -0.05) is 18.2 Å². The fraction of sp³-hybridized carbons (Fsp3) is 0.0500. The van der Waals surface area contributed by atoms with Crippen molar-refractivity contribution in [1.82, 2.24) is 15.0 Å². The minimum atomic E-state index is 0.452. The second-order valence-corrected chi connectivity index (χ2v) is 5.64. The number of benzene rings is 2. The summed E-state index contributed by atoms with van der Waals surface area (Å²) in [6, 6.07) is 17.7. The van der Waals surface area contributed by atoms with Crippen molar-refractivity contribution in [1.29, 1.82) is 0 Å². The largest absolute Gasteiger partial charge is 0.497 e. The average Bonchev–Trinajstić information content (AvgIpc) is 2.68. The van der Waals surface area contributed by atoms with Gasteiger partial charge in [0.25, 0.3) is 0 Å². The van der Waals surface area contributed by atoms with Gasteiger partial charge in [-0.15, -0.1) is 0 Å². The molecule has 5 heteroatoms. The predicted molar refractivity (Wildman–Crippen MR) is 99.2 cm³/mol. The Labute approximate surface area is 145 Å². The Morgan fingerprint density at radius 1 is 0.880 bits per heavy atom. The first-order valence-corrected chi connectivity index (χ1v) is 7.87. The highest BCUT2D eigenvalue weighted by molar-refractivity contribution is 5.93. The summed E-state index contributed by atoms with van der Waals surface area (Å²) in [5, 5.41) is 0.827. The lowest BCUT2D eigenvalue weighted by molar-refractivity contribution is 0.415. The molecule has 2 N–H and O–H groups in total. The Balaban J connectivity index is 1.83. The van der Waals surface area contributed by atoms with Crippen molar-refractivity contribution in [3.63, 3.8) is 0 Å². The van der Waals surface area contributed by atoms with Crippen LogP contribution in [0, 0.1) is 0 Å². The zero-order valence-corrected chi connectivity index (χ0v) is 13.7. The highest BCUT2D eigenvalue weighted by Gasteiger charge is 2.09. The minimum Gasteiger partial charge on any atom is -0.497 e. The molecule has 0 atom stereocenters. The van der Waals surface area contributed by atoms with E-state index in [2.05, 4.69) is 15.0 Å². The van der Waals surface area contributed by atoms with E-state index in [9.17, 15) is 0 Å². The van der Waals surface area contributed by atoms with E-state index in [1.54, 1.807) is 19.5 Å². The molecule has 2 heterocycles. The third kappa shape index (κ3) is 2.87. The zero-order chi connectivity index (χ0) is 17.2. The van der Waals surface area contributed by atoms with Gasteiger partial charge in [0.15, 0.2) is 5.82 Å². The maximum absolute atomic E-state index is 6.20. The number of methoxy groups -OCH3 is 1. The van der Waals surface area contributed by atoms with E-state index in [-0.39, 0.29) is 0 Å². The van der Waals surface area contributed by atoms with Crippen molar-refractivity contribution < 1.29 is 4.74 Å². The van der Waals surface area contributed by atoms with Crippen LogP contribution in [0.4, 0.5) is 5.82 Å². The van der Waals surface area contributed by atoms with Gasteiger partial charge in [-0.3, -0.25) is 4.98 Å². The van der Waals surface area contributed by atoms with Crippen molar-refractivity contribution in [2.75, 3.05) is 12.8 Å². The summed E-state index contributed by atoms with van der Waals surface area (Å²) in [6.45, 7) is 0. The van der Waals surface area contributed by atoms with Gasteiger partial charge in [-0.2, -0.15) is 0 Å². The molecule has 122 valence electrons. The summed E-state index contributed by atoms with van der Waals surface area (Å²) in [6.07, 6.45) is 3.44. The second-order valence-electron chi connectivity index (χ2n) is 5.64. The lowest BCUT2D eigenvalue weighted by atomic mass is 10.0. The van der Waals surface area contributed by atoms with E-state index in [1.165, 1.54) is 0 Å². The molecule has 0 saturated heterocycles. The molecule has 2 aromatic heterocycles. The van der Waals surface area contributed by atoms with Gasteiger partial charge in [0.1, 0.15) is 11.6 Å². The summed E-state index contributed by atoms with van der Waals surface area (Å²) in [4.78, 5) is 13.2. The molecule has 0 aliphatic carbocycles. The Morgan fingerprint density at radius 2 is 1.72 bits per heavy atom. The maximum Gasteiger partial charge on any atom is 0.163 e. The van der Waals surface area contributed by atoms with E-state index < -0.39 is 0 Å². The minimum absolute atomic E-state index is 0.452. The first-order chi connectivity index (χ1) is 12.2. The standard InChI is InChI=1S/C20H16N4O/c1-25-16-6-2-4-13(10-16)14-7-8-18-17(11-14)19(21)24-20(23-18)15-5-3-9-22-12-15/h2-12H,1H3,(H2,21,23,24). The first-order valence-electron chi connectivity index (χ1n) is 7.87. The van der Waals surface area contributed by atoms with Crippen molar-refractivity contribution in [2.24, 2.45) is 0 Å². The van der Waals surface area contributed by atoms with Crippen LogP contribution in [0.3, 0.4) is 0 Å². The lowest BCUT2D eigenvalue weighted by Gasteiger charge is -2.09. The van der Waals surface area contributed by atoms with Crippen LogP contribution in [-0.2, 0) is 0 Å². The molecule has 0 amide bonds. The molecule has 0 spiro atoms. The second kappa shape index (κ2) is 6.20. The maximum atomic E-state index is 6.20. The molecule has 4 rings (SSSR count). The summed E-state index contributed by atoms with van der Waals surface area (Å²) < 4.78 is 5.30. The van der Waals surface area contributed by atoms with E-state index in [0.717, 1.165) is 33.3 Å². The number of hydrogen-bond acceptors (Lipinski definition) is 5. The molecule has 5 nitrogen and oxygen atoms in total. The van der Waals surface area contributed by atoms with Crippen LogP contribution in [0.1, 0.15) is 0 Å². The average molecular weight is 328 g/mol. The van der Waals surface area contributed by atoms with Crippen molar-refractivity contribution >= 4 is 16.7 Å². The number of nitrogens with zero attached hydrogens (tertiary/aromatic N) is 3. The fourth-order valence-electron chi connectivity index (χ4n) is 2.76. The summed E-state index contributed by atoms with van der Waals surface area (Å²) in [5.41, 5.74) is 9.94. The molecule has 0 unspecified atom stereocenters. The van der Waals surface area contributed by atoms with Gasteiger partial charge < -0.3 is 10.5 Å². The summed E-state index contributed by atoms with van der Waals surface area (Å²) in [7, 11) is 1.66. The molecule has 25 heavy (non-hydrogen) atoms. The number of fused-ring (bicyclic) bond motifs is 1. The molecular formula is C20H16N4O. The third-order valence-corrected chi connectivity index (χ3v) is 4.05. The van der Waals surface area contributed by atoms with Crippen molar-refractivity contribution in [3.05, 3.63) is 67.0 Å². The van der Waals surface area contributed by atoms with Crippen molar-refractivity contribution in [2.45, 2.75) is 0 Å². The Hall–Kier alpha value is -3.47. The number of nitrogen functional groups attached to an aromatic ring is 1. The highest BCUT2D eigenvalue weighted by atomic mass is 16.5. The van der Waals surface area contributed by atoms with E-state index in [4.69, 9.17) is 10.5 Å². The summed E-state index contributed by atoms with van der Waals surface area (Å²) >= 11 is 0. The molecule has 2 aromatic carbocycles. The number of hydrogen-bond donors (Lipinski definition) is 1. The van der Waals surface area contributed by atoms with Crippen LogP contribution in [-0.4, -0.2) is 22.1 Å². The molecule has 0 radical (unpaired) electrons. The number of nitrogens with two attached hydrogens (primary N) is 1. The van der Waals surface area contributed by atoms with Gasteiger partial charge in [0.2, 0.25) is 0 Å². The third-order valence-electron chi connectivity index (χ3n) is 4.05. The topological polar surface area (TPSA) is 73.9 Å². The number of rotatable bonds is 3. The molecule has 0 fully saturated rings. The Morgan fingerprint density at radius 3 is 2.52 bits per heavy atom. The van der Waals surface area contributed by atoms with Gasteiger partial charge >= 0.3 is 0 Å². The quantitative estimate of drug-likeness (QED) is 0.616. The van der Waals surface area contributed by atoms with Crippen LogP contribution < -0.4 is 10.5 Å². The lowest BCUT2D eigenvalue weighted by Crippen LogP contribution is -1.98. The molecule has 4 aromatic rings. The van der Waals surface area contributed by atoms with Gasteiger partial charge in [-0.05, 0) is 47.5 Å². The highest BCUT2D eigenvalue weighted by Crippen LogP contribution is 2.29. The normalized spacial score (nSPS) is 10.8. The predicted octanol–water partition coefficient (Wildman–Crippen LogP) is 3.95. The fourth-order valence-corrected chi connectivity index (χ4v) is 2.76. The van der Waals surface area contributed by atoms with Gasteiger partial charge in [-0.25, -0.2) is 9.97 Å². The van der Waals surface area contributed by atoms with Gasteiger partial charge in [0.05, 0.1) is 12.6 Å². The van der Waals surface area contributed by atoms with E-state index >= 15 is 0 Å². The van der Waals surface area contributed by atoms with Gasteiger partial charge in [0, 0.05) is 23.3 Å². The Kier molecular flexibility index (Phi) is 3.74. The number of ether oxygens (including phenoxy) is 1. The Bertz CT molecular complexity index is 1050. The van der Waals surface area contributed by atoms with E-state index in [0.29, 0.717) is 11.6 Å². The monoisotopic (exact) mass is 328 g/mol. The van der Waals surface area contributed by atoms with Crippen LogP contribution in [0.5, 0.6) is 5.75 Å². The van der Waals surface area contributed by atoms with Crippen LogP contribution in [0.15, 0.2) is 67.0 Å². The van der Waals surface area contributed by atoms with E-state index in [1.807, 2.05) is 54.6 Å². The number of anilines is 1. The molecular weight excluding hydrogens is 312 g/mol. The number of aromatic nitrogens is 3. The molecule has 0 aliphatic heterocycles.